The summed E-state index contributed by atoms with van der Waals surface area (Å²) in [6.07, 6.45) is 2.34. The minimum Gasteiger partial charge on any atom is -0.488 e. The van der Waals surface area contributed by atoms with Crippen LogP contribution in [0.3, 0.4) is 0 Å². The van der Waals surface area contributed by atoms with Gasteiger partial charge in [0.25, 0.3) is 5.91 Å². The maximum atomic E-state index is 12.8. The number of ether oxygens (including phenoxy) is 1. The van der Waals surface area contributed by atoms with Gasteiger partial charge in [-0.15, -0.1) is 0 Å². The predicted octanol–water partition coefficient (Wildman–Crippen LogP) is 6.44. The number of carbonyl (C=O) groups is 1. The number of amides is 1. The second-order valence-corrected chi connectivity index (χ2v) is 8.01. The molecule has 1 N–H and O–H groups in total. The van der Waals surface area contributed by atoms with E-state index in [-0.39, 0.29) is 5.57 Å². The molecule has 156 valence electrons. The van der Waals surface area contributed by atoms with Crippen LogP contribution in [0.25, 0.3) is 6.08 Å². The van der Waals surface area contributed by atoms with Crippen molar-refractivity contribution in [2.45, 2.75) is 26.9 Å². The van der Waals surface area contributed by atoms with Gasteiger partial charge in [0.15, 0.2) is 0 Å². The smallest absolute Gasteiger partial charge is 0.266 e. The summed E-state index contributed by atoms with van der Waals surface area (Å²) < 4.78 is 6.84. The van der Waals surface area contributed by atoms with Crippen molar-refractivity contribution in [1.29, 1.82) is 5.26 Å². The molecule has 0 bridgehead atoms. The van der Waals surface area contributed by atoms with Gasteiger partial charge in [-0.05, 0) is 54.8 Å². The summed E-state index contributed by atoms with van der Waals surface area (Å²) in [5.41, 5.74) is 4.58. The van der Waals surface area contributed by atoms with Gasteiger partial charge in [0.1, 0.15) is 24.0 Å². The van der Waals surface area contributed by atoms with E-state index in [1.807, 2.05) is 80.6 Å². The van der Waals surface area contributed by atoms with E-state index in [2.05, 4.69) is 27.3 Å². The first-order valence-electron chi connectivity index (χ1n) is 9.99. The Bertz CT molecular complexity index is 1160. The first-order valence-corrected chi connectivity index (χ1v) is 10.8. The molecular weight excluding hydrogens is 452 g/mol. The Morgan fingerprint density at radius 3 is 2.68 bits per heavy atom. The Morgan fingerprint density at radius 1 is 1.13 bits per heavy atom. The van der Waals surface area contributed by atoms with Crippen LogP contribution in [0.1, 0.15) is 29.2 Å². The Balaban J connectivity index is 1.85. The number of anilines is 1. The lowest BCUT2D eigenvalue weighted by Crippen LogP contribution is -2.14. The van der Waals surface area contributed by atoms with Crippen LogP contribution in [0.2, 0.25) is 0 Å². The van der Waals surface area contributed by atoms with E-state index in [0.717, 1.165) is 27.6 Å². The molecule has 3 aromatic carbocycles. The highest BCUT2D eigenvalue weighted by molar-refractivity contribution is 9.10. The van der Waals surface area contributed by atoms with E-state index in [9.17, 15) is 10.1 Å². The normalized spacial score (nSPS) is 11.0. The third-order valence-corrected chi connectivity index (χ3v) is 5.25. The second-order valence-electron chi connectivity index (χ2n) is 7.09. The van der Waals surface area contributed by atoms with Crippen LogP contribution in [0, 0.1) is 18.3 Å². The molecule has 0 saturated heterocycles. The molecule has 3 rings (SSSR count). The molecule has 4 nitrogen and oxygen atoms in total. The number of hydrogen-bond acceptors (Lipinski definition) is 3. The lowest BCUT2D eigenvalue weighted by atomic mass is 10.1. The van der Waals surface area contributed by atoms with Crippen LogP contribution in [0.5, 0.6) is 5.75 Å². The number of hydrogen-bond donors (Lipinski definition) is 1. The van der Waals surface area contributed by atoms with Gasteiger partial charge in [-0.1, -0.05) is 70.9 Å². The molecule has 5 heteroatoms. The molecule has 0 radical (unpaired) electrons. The van der Waals surface area contributed by atoms with Gasteiger partial charge in [0.05, 0.1) is 0 Å². The summed E-state index contributed by atoms with van der Waals surface area (Å²) in [6.45, 7) is 4.44. The van der Waals surface area contributed by atoms with Gasteiger partial charge < -0.3 is 10.1 Å². The maximum Gasteiger partial charge on any atom is 0.266 e. The minimum atomic E-state index is -0.451. The number of para-hydroxylation sites is 1. The van der Waals surface area contributed by atoms with Crippen molar-refractivity contribution in [2.24, 2.45) is 0 Å². The monoisotopic (exact) mass is 474 g/mol. The molecule has 31 heavy (non-hydrogen) atoms. The van der Waals surface area contributed by atoms with E-state index in [4.69, 9.17) is 4.74 Å². The topological polar surface area (TPSA) is 62.1 Å². The molecule has 0 fully saturated rings. The van der Waals surface area contributed by atoms with Gasteiger partial charge in [-0.3, -0.25) is 4.79 Å². The zero-order chi connectivity index (χ0) is 22.2. The zero-order valence-electron chi connectivity index (χ0n) is 17.5. The number of nitrogens with zero attached hydrogens (tertiary/aromatic N) is 1. The molecule has 1 amide bonds. The fourth-order valence-electron chi connectivity index (χ4n) is 3.17. The van der Waals surface area contributed by atoms with E-state index in [0.29, 0.717) is 23.6 Å². The number of carbonyl (C=O) groups excluding carboxylic acids is 1. The molecule has 0 aliphatic carbocycles. The lowest BCUT2D eigenvalue weighted by Gasteiger charge is -2.12. The van der Waals surface area contributed by atoms with Crippen LogP contribution in [0.4, 0.5) is 5.69 Å². The number of benzene rings is 3. The largest absolute Gasteiger partial charge is 0.488 e. The van der Waals surface area contributed by atoms with Crippen LogP contribution < -0.4 is 10.1 Å². The van der Waals surface area contributed by atoms with Gasteiger partial charge in [-0.25, -0.2) is 0 Å². The fraction of sp³-hybridized carbons (Fsp3) is 0.154. The first kappa shape index (κ1) is 22.3. The van der Waals surface area contributed by atoms with E-state index >= 15 is 0 Å². The predicted molar refractivity (Wildman–Crippen MR) is 128 cm³/mol. The Kier molecular flexibility index (Phi) is 7.64. The van der Waals surface area contributed by atoms with Crippen molar-refractivity contribution in [1.82, 2.24) is 0 Å². The van der Waals surface area contributed by atoms with Gasteiger partial charge in [0, 0.05) is 15.7 Å². The Morgan fingerprint density at radius 2 is 1.94 bits per heavy atom. The minimum absolute atomic E-state index is 0.00408. The number of rotatable bonds is 7. The van der Waals surface area contributed by atoms with Gasteiger partial charge in [0.2, 0.25) is 0 Å². The van der Waals surface area contributed by atoms with Crippen molar-refractivity contribution in [2.75, 3.05) is 5.32 Å². The third kappa shape index (κ3) is 6.07. The molecule has 0 aromatic heterocycles. The van der Waals surface area contributed by atoms with Crippen LogP contribution >= 0.6 is 15.9 Å². The highest BCUT2D eigenvalue weighted by Gasteiger charge is 2.13. The number of aryl methyl sites for hydroxylation is 2. The van der Waals surface area contributed by atoms with Crippen molar-refractivity contribution < 1.29 is 9.53 Å². The standard InChI is InChI=1S/C26H23BrN2O2/c1-3-20-9-4-5-10-24(20)29-26(30)22(16-28)14-21-15-23(27)11-12-25(21)31-17-19-8-6-7-18(2)13-19/h4-15H,3,17H2,1-2H3,(H,29,30)/b22-14-. The fourth-order valence-corrected chi connectivity index (χ4v) is 3.55. The van der Waals surface area contributed by atoms with E-state index < -0.39 is 5.91 Å². The summed E-state index contributed by atoms with van der Waals surface area (Å²) in [5, 5.41) is 12.5. The summed E-state index contributed by atoms with van der Waals surface area (Å²) in [5.74, 6) is 0.146. The summed E-state index contributed by atoms with van der Waals surface area (Å²) in [4.78, 5) is 12.8. The highest BCUT2D eigenvalue weighted by atomic mass is 79.9. The molecule has 0 atom stereocenters. The van der Waals surface area contributed by atoms with Crippen LogP contribution in [-0.4, -0.2) is 5.91 Å². The van der Waals surface area contributed by atoms with Crippen molar-refractivity contribution in [3.63, 3.8) is 0 Å². The number of nitrogens with one attached hydrogen (secondary N) is 1. The molecular formula is C26H23BrN2O2. The van der Waals surface area contributed by atoms with Crippen LogP contribution in [-0.2, 0) is 17.8 Å². The van der Waals surface area contributed by atoms with Gasteiger partial charge >= 0.3 is 0 Å². The Hall–Kier alpha value is -3.36. The van der Waals surface area contributed by atoms with E-state index in [1.165, 1.54) is 0 Å². The lowest BCUT2D eigenvalue weighted by molar-refractivity contribution is -0.112. The summed E-state index contributed by atoms with van der Waals surface area (Å²) in [6, 6.07) is 23.2. The quantitative estimate of drug-likeness (QED) is 0.316. The van der Waals surface area contributed by atoms with Crippen molar-refractivity contribution in [3.05, 3.63) is 99.0 Å². The van der Waals surface area contributed by atoms with Crippen molar-refractivity contribution in [3.8, 4) is 11.8 Å². The molecule has 0 saturated carbocycles. The third-order valence-electron chi connectivity index (χ3n) is 4.76. The molecule has 0 aliphatic heterocycles. The SMILES string of the molecule is CCc1ccccc1NC(=O)/C(C#N)=C\c1cc(Br)ccc1OCc1cccc(C)c1. The zero-order valence-corrected chi connectivity index (χ0v) is 19.1. The second kappa shape index (κ2) is 10.6. The first-order chi connectivity index (χ1) is 15.0. The van der Waals surface area contributed by atoms with E-state index in [1.54, 1.807) is 6.08 Å². The average Bonchev–Trinajstić information content (AvgIpc) is 2.77. The number of nitriles is 1. The average molecular weight is 475 g/mol. The molecule has 0 aliphatic rings. The number of halogens is 1. The molecule has 0 heterocycles. The Labute approximate surface area is 191 Å². The molecule has 0 unspecified atom stereocenters. The maximum absolute atomic E-state index is 12.8. The summed E-state index contributed by atoms with van der Waals surface area (Å²) in [7, 11) is 0. The summed E-state index contributed by atoms with van der Waals surface area (Å²) >= 11 is 3.46. The van der Waals surface area contributed by atoms with Gasteiger partial charge in [-0.2, -0.15) is 5.26 Å². The molecule has 3 aromatic rings. The highest BCUT2D eigenvalue weighted by Crippen LogP contribution is 2.27. The van der Waals surface area contributed by atoms with Crippen LogP contribution in [0.15, 0.2) is 76.8 Å². The molecule has 0 spiro atoms. The van der Waals surface area contributed by atoms with Crippen molar-refractivity contribution >= 4 is 33.6 Å².